The zero-order valence-electron chi connectivity index (χ0n) is 16.9. The molecule has 1 atom stereocenters. The SMILES string of the molecule is O=C([C@@H](Cc1ccccc1)NS(=O)(=O)c1ccc(Cl)cc1)N1CCc2ccccc2C1. The van der Waals surface area contributed by atoms with Crippen molar-refractivity contribution < 1.29 is 13.2 Å². The van der Waals surface area contributed by atoms with Crippen molar-refractivity contribution in [2.45, 2.75) is 30.3 Å². The number of carbonyl (C=O) groups is 1. The van der Waals surface area contributed by atoms with E-state index in [1.54, 1.807) is 4.90 Å². The minimum Gasteiger partial charge on any atom is -0.337 e. The molecule has 0 aliphatic carbocycles. The Labute approximate surface area is 187 Å². The Balaban J connectivity index is 1.60. The highest BCUT2D eigenvalue weighted by Gasteiger charge is 2.31. The molecule has 1 aliphatic heterocycles. The minimum absolute atomic E-state index is 0.0757. The fourth-order valence-electron chi connectivity index (χ4n) is 3.80. The number of nitrogens with one attached hydrogen (secondary N) is 1. The number of amides is 1. The topological polar surface area (TPSA) is 66.5 Å². The summed E-state index contributed by atoms with van der Waals surface area (Å²) in [6.45, 7) is 1.03. The lowest BCUT2D eigenvalue weighted by atomic mass is 9.98. The lowest BCUT2D eigenvalue weighted by Crippen LogP contribution is -2.50. The van der Waals surface area contributed by atoms with Crippen LogP contribution < -0.4 is 4.72 Å². The van der Waals surface area contributed by atoms with Gasteiger partial charge in [0, 0.05) is 18.1 Å². The van der Waals surface area contributed by atoms with Crippen LogP contribution in [0, 0.1) is 0 Å². The van der Waals surface area contributed by atoms with Crippen LogP contribution in [0.25, 0.3) is 0 Å². The summed E-state index contributed by atoms with van der Waals surface area (Å²) in [5, 5.41) is 0.447. The summed E-state index contributed by atoms with van der Waals surface area (Å²) in [4.78, 5) is 15.3. The number of carbonyl (C=O) groups excluding carboxylic acids is 1. The Bertz CT molecular complexity index is 1160. The van der Waals surface area contributed by atoms with Crippen LogP contribution in [-0.4, -0.2) is 31.8 Å². The first-order chi connectivity index (χ1) is 14.9. The van der Waals surface area contributed by atoms with E-state index in [1.807, 2.05) is 48.5 Å². The highest BCUT2D eigenvalue weighted by molar-refractivity contribution is 7.89. The molecule has 0 aromatic heterocycles. The molecule has 0 radical (unpaired) electrons. The number of hydrogen-bond donors (Lipinski definition) is 1. The van der Waals surface area contributed by atoms with Crippen LogP contribution in [0.4, 0.5) is 0 Å². The van der Waals surface area contributed by atoms with E-state index in [0.717, 1.165) is 17.5 Å². The summed E-state index contributed by atoms with van der Waals surface area (Å²) in [7, 11) is -3.90. The first-order valence-corrected chi connectivity index (χ1v) is 12.0. The minimum atomic E-state index is -3.90. The van der Waals surface area contributed by atoms with Gasteiger partial charge < -0.3 is 4.90 Å². The first-order valence-electron chi connectivity index (χ1n) is 10.1. The van der Waals surface area contributed by atoms with Gasteiger partial charge in [0.2, 0.25) is 15.9 Å². The fourth-order valence-corrected chi connectivity index (χ4v) is 5.12. The van der Waals surface area contributed by atoms with Gasteiger partial charge in [-0.3, -0.25) is 4.79 Å². The second-order valence-corrected chi connectivity index (χ2v) is 9.75. The van der Waals surface area contributed by atoms with Crippen molar-refractivity contribution in [2.75, 3.05) is 6.54 Å². The molecule has 3 aromatic rings. The van der Waals surface area contributed by atoms with Crippen molar-refractivity contribution in [3.63, 3.8) is 0 Å². The third kappa shape index (κ3) is 5.15. The fraction of sp³-hybridized carbons (Fsp3) is 0.208. The average Bonchev–Trinajstić information content (AvgIpc) is 2.78. The summed E-state index contributed by atoms with van der Waals surface area (Å²) >= 11 is 5.89. The van der Waals surface area contributed by atoms with Gasteiger partial charge in [-0.1, -0.05) is 66.2 Å². The van der Waals surface area contributed by atoms with Crippen molar-refractivity contribution in [1.82, 2.24) is 9.62 Å². The molecule has 0 fully saturated rings. The van der Waals surface area contributed by atoms with E-state index in [9.17, 15) is 13.2 Å². The van der Waals surface area contributed by atoms with Crippen molar-refractivity contribution in [3.05, 3.63) is 101 Å². The summed E-state index contributed by atoms with van der Waals surface area (Å²) in [6, 6.07) is 22.5. The lowest BCUT2D eigenvalue weighted by molar-refractivity contribution is -0.133. The molecular formula is C24H23ClN2O3S. The first kappa shape index (κ1) is 21.6. The van der Waals surface area contributed by atoms with Gasteiger partial charge in [0.25, 0.3) is 0 Å². The van der Waals surface area contributed by atoms with Gasteiger partial charge in [0.1, 0.15) is 6.04 Å². The molecule has 1 heterocycles. The quantitative estimate of drug-likeness (QED) is 0.615. The lowest BCUT2D eigenvalue weighted by Gasteiger charge is -2.32. The van der Waals surface area contributed by atoms with Crippen LogP contribution >= 0.6 is 11.6 Å². The van der Waals surface area contributed by atoms with Crippen molar-refractivity contribution in [3.8, 4) is 0 Å². The van der Waals surface area contributed by atoms with E-state index in [2.05, 4.69) is 10.8 Å². The van der Waals surface area contributed by atoms with E-state index in [1.165, 1.54) is 29.8 Å². The largest absolute Gasteiger partial charge is 0.337 e. The van der Waals surface area contributed by atoms with Crippen LogP contribution in [0.5, 0.6) is 0 Å². The number of rotatable bonds is 6. The normalized spacial score (nSPS) is 14.7. The van der Waals surface area contributed by atoms with E-state index >= 15 is 0 Å². The summed E-state index contributed by atoms with van der Waals surface area (Å²) in [5.74, 6) is -0.226. The number of hydrogen-bond acceptors (Lipinski definition) is 3. The van der Waals surface area contributed by atoms with E-state index in [0.29, 0.717) is 18.1 Å². The molecule has 1 amide bonds. The van der Waals surface area contributed by atoms with Crippen molar-refractivity contribution in [1.29, 1.82) is 0 Å². The highest BCUT2D eigenvalue weighted by atomic mass is 35.5. The summed E-state index contributed by atoms with van der Waals surface area (Å²) < 4.78 is 28.6. The van der Waals surface area contributed by atoms with Crippen LogP contribution in [0.1, 0.15) is 16.7 Å². The zero-order chi connectivity index (χ0) is 21.8. The van der Waals surface area contributed by atoms with E-state index < -0.39 is 16.1 Å². The number of halogens is 1. The maximum Gasteiger partial charge on any atom is 0.241 e. The van der Waals surface area contributed by atoms with Crippen LogP contribution in [0.15, 0.2) is 83.8 Å². The van der Waals surface area contributed by atoms with Gasteiger partial charge in [0.05, 0.1) is 4.90 Å². The Hall–Kier alpha value is -2.67. The molecular weight excluding hydrogens is 432 g/mol. The maximum absolute atomic E-state index is 13.5. The number of benzene rings is 3. The average molecular weight is 455 g/mol. The smallest absolute Gasteiger partial charge is 0.241 e. The van der Waals surface area contributed by atoms with Gasteiger partial charge in [-0.25, -0.2) is 8.42 Å². The molecule has 1 aliphatic rings. The van der Waals surface area contributed by atoms with Gasteiger partial charge in [-0.15, -0.1) is 0 Å². The molecule has 7 heteroatoms. The Kier molecular flexibility index (Phi) is 6.41. The Morgan fingerprint density at radius 3 is 2.29 bits per heavy atom. The molecule has 31 heavy (non-hydrogen) atoms. The number of fused-ring (bicyclic) bond motifs is 1. The van der Waals surface area contributed by atoms with Crippen LogP contribution in [-0.2, 0) is 34.2 Å². The monoisotopic (exact) mass is 454 g/mol. The molecule has 3 aromatic carbocycles. The van der Waals surface area contributed by atoms with E-state index in [-0.39, 0.29) is 17.2 Å². The van der Waals surface area contributed by atoms with Crippen molar-refractivity contribution in [2.24, 2.45) is 0 Å². The molecule has 4 rings (SSSR count). The van der Waals surface area contributed by atoms with Gasteiger partial charge >= 0.3 is 0 Å². The van der Waals surface area contributed by atoms with Crippen molar-refractivity contribution >= 4 is 27.5 Å². The number of sulfonamides is 1. The van der Waals surface area contributed by atoms with E-state index in [4.69, 9.17) is 11.6 Å². The molecule has 0 bridgehead atoms. The molecule has 5 nitrogen and oxygen atoms in total. The second-order valence-electron chi connectivity index (χ2n) is 7.60. The Morgan fingerprint density at radius 1 is 0.935 bits per heavy atom. The second kappa shape index (κ2) is 9.22. The van der Waals surface area contributed by atoms with Gasteiger partial charge in [-0.05, 0) is 53.8 Å². The van der Waals surface area contributed by atoms with Gasteiger partial charge in [-0.2, -0.15) is 4.72 Å². The third-order valence-corrected chi connectivity index (χ3v) is 7.18. The maximum atomic E-state index is 13.5. The predicted octanol–water partition coefficient (Wildman–Crippen LogP) is 3.81. The molecule has 1 N–H and O–H groups in total. The van der Waals surface area contributed by atoms with Crippen LogP contribution in [0.3, 0.4) is 0 Å². The zero-order valence-corrected chi connectivity index (χ0v) is 18.4. The summed E-state index contributed by atoms with van der Waals surface area (Å²) in [6.07, 6.45) is 1.02. The molecule has 0 unspecified atom stereocenters. The number of nitrogens with zero attached hydrogens (tertiary/aromatic N) is 1. The molecule has 0 spiro atoms. The molecule has 0 saturated carbocycles. The molecule has 0 saturated heterocycles. The highest BCUT2D eigenvalue weighted by Crippen LogP contribution is 2.21. The predicted molar refractivity (Wildman–Crippen MR) is 121 cm³/mol. The van der Waals surface area contributed by atoms with Gasteiger partial charge in [0.15, 0.2) is 0 Å². The standard InChI is InChI=1S/C24H23ClN2O3S/c25-21-10-12-22(13-11-21)31(29,30)26-23(16-18-6-2-1-3-7-18)24(28)27-15-14-19-8-4-5-9-20(19)17-27/h1-13,23,26H,14-17H2/t23-/m1/s1. The van der Waals surface area contributed by atoms with Crippen LogP contribution in [0.2, 0.25) is 5.02 Å². The Morgan fingerprint density at radius 2 is 1.58 bits per heavy atom. The molecule has 160 valence electrons. The third-order valence-electron chi connectivity index (χ3n) is 5.44. The summed E-state index contributed by atoms with van der Waals surface area (Å²) in [5.41, 5.74) is 3.21.